The number of rotatable bonds is 2. The first-order chi connectivity index (χ1) is 11.7. The summed E-state index contributed by atoms with van der Waals surface area (Å²) in [7, 11) is 2.07. The first kappa shape index (κ1) is 18.4. The van der Waals surface area contributed by atoms with Crippen molar-refractivity contribution in [2.75, 3.05) is 25.0 Å². The van der Waals surface area contributed by atoms with Gasteiger partial charge < -0.3 is 19.5 Å². The molecular formula is C18H27N3O3S. The Balaban J connectivity index is 1.94. The number of anilines is 1. The van der Waals surface area contributed by atoms with Crippen molar-refractivity contribution >= 4 is 23.1 Å². The third-order valence-corrected chi connectivity index (χ3v) is 7.06. The van der Waals surface area contributed by atoms with Crippen molar-refractivity contribution in [1.82, 2.24) is 9.62 Å². The molecule has 2 aliphatic rings. The molecule has 2 atom stereocenters. The lowest BCUT2D eigenvalue weighted by molar-refractivity contribution is 0.110. The highest BCUT2D eigenvalue weighted by Gasteiger charge is 2.54. The molecule has 7 heteroatoms. The Kier molecular flexibility index (Phi) is 4.68. The molecule has 1 aromatic carbocycles. The maximum atomic E-state index is 12.8. The number of nitrogens with one attached hydrogen (secondary N) is 1. The Bertz CT molecular complexity index is 653. The maximum absolute atomic E-state index is 12.8. The number of likely N-dealkylation sites (N-methyl/N-ethyl adjacent to an activating group) is 1. The van der Waals surface area contributed by atoms with Gasteiger partial charge in [-0.1, -0.05) is 18.2 Å². The summed E-state index contributed by atoms with van der Waals surface area (Å²) in [4.78, 5) is 15.0. The minimum absolute atomic E-state index is 0.0790. The monoisotopic (exact) mass is 365 g/mol. The molecule has 6 nitrogen and oxygen atoms in total. The summed E-state index contributed by atoms with van der Waals surface area (Å²) in [6, 6.07) is 8.11. The van der Waals surface area contributed by atoms with Crippen molar-refractivity contribution in [3.05, 3.63) is 29.8 Å². The van der Waals surface area contributed by atoms with Gasteiger partial charge in [0.15, 0.2) is 0 Å². The number of nitrogens with zero attached hydrogens (tertiary/aromatic N) is 2. The second kappa shape index (κ2) is 6.37. The summed E-state index contributed by atoms with van der Waals surface area (Å²) in [5.41, 5.74) is 2.03. The third kappa shape index (κ3) is 3.09. The summed E-state index contributed by atoms with van der Waals surface area (Å²) >= 11 is -1.20. The standard InChI is InChI=1S/C18H27N3O3S/c1-17(2,3)25(24)19-15-13-7-5-6-8-14(13)20(4)18(15)9-11-21(12-10-18)16(22)23/h5-8,15,19H,9-12H2,1-4H3,(H,22,23)/t15-,25-/m1/s1. The van der Waals surface area contributed by atoms with Crippen molar-refractivity contribution in [2.45, 2.75) is 49.9 Å². The van der Waals surface area contributed by atoms with Crippen LogP contribution in [0.3, 0.4) is 0 Å². The zero-order valence-electron chi connectivity index (χ0n) is 15.3. The van der Waals surface area contributed by atoms with Crippen LogP contribution in [0.15, 0.2) is 24.3 Å². The van der Waals surface area contributed by atoms with Crippen LogP contribution in [0.25, 0.3) is 0 Å². The zero-order valence-corrected chi connectivity index (χ0v) is 16.1. The Morgan fingerprint density at radius 2 is 1.92 bits per heavy atom. The molecule has 0 saturated carbocycles. The lowest BCUT2D eigenvalue weighted by Gasteiger charge is -2.47. The molecule has 1 saturated heterocycles. The highest BCUT2D eigenvalue weighted by Crippen LogP contribution is 2.50. The van der Waals surface area contributed by atoms with E-state index in [-0.39, 0.29) is 16.3 Å². The van der Waals surface area contributed by atoms with E-state index in [9.17, 15) is 14.5 Å². The van der Waals surface area contributed by atoms with E-state index in [2.05, 4.69) is 28.8 Å². The molecule has 0 unspecified atom stereocenters. The quantitative estimate of drug-likeness (QED) is 0.788. The van der Waals surface area contributed by atoms with E-state index in [1.807, 2.05) is 32.9 Å². The van der Waals surface area contributed by atoms with Gasteiger partial charge in [-0.2, -0.15) is 0 Å². The van der Waals surface area contributed by atoms with E-state index in [1.54, 1.807) is 0 Å². The average molecular weight is 365 g/mol. The number of fused-ring (bicyclic) bond motifs is 1. The van der Waals surface area contributed by atoms with Crippen molar-refractivity contribution in [2.24, 2.45) is 0 Å². The fourth-order valence-electron chi connectivity index (χ4n) is 3.93. The smallest absolute Gasteiger partial charge is 0.407 e. The molecule has 1 fully saturated rings. The normalized spacial score (nSPS) is 23.6. The Morgan fingerprint density at radius 1 is 1.32 bits per heavy atom. The van der Waals surface area contributed by atoms with Gasteiger partial charge in [-0.05, 0) is 45.2 Å². The van der Waals surface area contributed by atoms with Gasteiger partial charge in [0.05, 0.1) is 5.54 Å². The highest BCUT2D eigenvalue weighted by molar-refractivity contribution is 7.90. The van der Waals surface area contributed by atoms with Crippen LogP contribution in [0.5, 0.6) is 0 Å². The van der Waals surface area contributed by atoms with Gasteiger partial charge in [0, 0.05) is 37.2 Å². The van der Waals surface area contributed by atoms with Crippen LogP contribution >= 0.6 is 0 Å². The molecule has 3 rings (SSSR count). The summed E-state index contributed by atoms with van der Waals surface area (Å²) in [5, 5.41) is 9.28. The lowest BCUT2D eigenvalue weighted by atomic mass is 9.80. The van der Waals surface area contributed by atoms with Gasteiger partial charge in [-0.25, -0.2) is 4.79 Å². The number of likely N-dealkylation sites (tertiary alicyclic amines) is 1. The first-order valence-electron chi connectivity index (χ1n) is 8.65. The Labute approximate surface area is 152 Å². The second-order valence-corrected chi connectivity index (χ2v) is 9.92. The van der Waals surface area contributed by atoms with E-state index in [0.717, 1.165) is 11.3 Å². The fourth-order valence-corrected chi connectivity index (χ4v) is 4.84. The average Bonchev–Trinajstić information content (AvgIpc) is 2.78. The van der Waals surface area contributed by atoms with Gasteiger partial charge in [-0.3, -0.25) is 0 Å². The van der Waals surface area contributed by atoms with Crippen LogP contribution in [0.4, 0.5) is 10.5 Å². The van der Waals surface area contributed by atoms with E-state index < -0.39 is 17.5 Å². The van der Waals surface area contributed by atoms with Crippen molar-refractivity contribution in [3.63, 3.8) is 0 Å². The predicted molar refractivity (Wildman–Crippen MR) is 100 cm³/mol. The molecule has 0 bridgehead atoms. The number of para-hydroxylation sites is 1. The molecule has 1 spiro atoms. The molecule has 0 aromatic heterocycles. The van der Waals surface area contributed by atoms with Gasteiger partial charge in [-0.15, -0.1) is 4.72 Å². The predicted octanol–water partition coefficient (Wildman–Crippen LogP) is 2.74. The van der Waals surface area contributed by atoms with Crippen LogP contribution < -0.4 is 9.62 Å². The number of amides is 1. The number of hydrogen-bond donors (Lipinski definition) is 2. The van der Waals surface area contributed by atoms with Crippen LogP contribution in [-0.2, 0) is 11.4 Å². The molecule has 0 aliphatic carbocycles. The molecule has 138 valence electrons. The number of hydrogen-bond acceptors (Lipinski definition) is 4. The van der Waals surface area contributed by atoms with Crippen molar-refractivity contribution in [3.8, 4) is 0 Å². The topological polar surface area (TPSA) is 78.9 Å². The minimum atomic E-state index is -1.20. The largest absolute Gasteiger partial charge is 0.598 e. The fraction of sp³-hybridized carbons (Fsp3) is 0.611. The molecule has 2 heterocycles. The number of benzene rings is 1. The SMILES string of the molecule is CN1c2ccccc2[C@@H](N[S@+]([O-])C(C)(C)C)C12CCN(C(=O)O)CC2. The van der Waals surface area contributed by atoms with Gasteiger partial charge in [0.25, 0.3) is 0 Å². The third-order valence-electron chi connectivity index (χ3n) is 5.50. The molecule has 2 N–H and O–H groups in total. The van der Waals surface area contributed by atoms with Crippen molar-refractivity contribution in [1.29, 1.82) is 0 Å². The maximum Gasteiger partial charge on any atom is 0.407 e. The molecular weight excluding hydrogens is 338 g/mol. The first-order valence-corrected chi connectivity index (χ1v) is 9.80. The number of carbonyl (C=O) groups is 1. The van der Waals surface area contributed by atoms with Crippen LogP contribution in [-0.4, -0.2) is 51.1 Å². The van der Waals surface area contributed by atoms with E-state index in [0.29, 0.717) is 25.9 Å². The summed E-state index contributed by atoms with van der Waals surface area (Å²) in [6.07, 6.45) is 0.559. The van der Waals surface area contributed by atoms with Crippen molar-refractivity contribution < 1.29 is 14.5 Å². The van der Waals surface area contributed by atoms with E-state index in [1.165, 1.54) is 4.90 Å². The molecule has 2 aliphatic heterocycles. The summed E-state index contributed by atoms with van der Waals surface area (Å²) < 4.78 is 15.8. The molecule has 0 radical (unpaired) electrons. The summed E-state index contributed by atoms with van der Waals surface area (Å²) in [5.74, 6) is 0. The number of carboxylic acid groups (broad SMARTS) is 1. The van der Waals surface area contributed by atoms with Crippen LogP contribution in [0.2, 0.25) is 0 Å². The molecule has 1 aromatic rings. The van der Waals surface area contributed by atoms with Crippen LogP contribution in [0.1, 0.15) is 45.2 Å². The molecule has 1 amide bonds. The van der Waals surface area contributed by atoms with E-state index in [4.69, 9.17) is 0 Å². The summed E-state index contributed by atoms with van der Waals surface area (Å²) in [6.45, 7) is 6.86. The van der Waals surface area contributed by atoms with Gasteiger partial charge >= 0.3 is 6.09 Å². The lowest BCUT2D eigenvalue weighted by Crippen LogP contribution is -2.59. The van der Waals surface area contributed by atoms with Gasteiger partial charge in [0.1, 0.15) is 10.8 Å². The van der Waals surface area contributed by atoms with Gasteiger partial charge in [0.2, 0.25) is 0 Å². The Hall–Kier alpha value is -1.44. The minimum Gasteiger partial charge on any atom is -0.598 e. The number of piperidine rings is 1. The molecule has 25 heavy (non-hydrogen) atoms. The Morgan fingerprint density at radius 3 is 2.48 bits per heavy atom. The highest BCUT2D eigenvalue weighted by atomic mass is 32.2. The second-order valence-electron chi connectivity index (χ2n) is 7.92. The van der Waals surface area contributed by atoms with Crippen LogP contribution in [0, 0.1) is 0 Å². The van der Waals surface area contributed by atoms with E-state index >= 15 is 0 Å². The zero-order chi connectivity index (χ0) is 18.4.